The van der Waals surface area contributed by atoms with Crippen molar-refractivity contribution in [3.05, 3.63) is 47.0 Å². The van der Waals surface area contributed by atoms with E-state index in [2.05, 4.69) is 29.3 Å². The fourth-order valence-corrected chi connectivity index (χ4v) is 2.10. The number of alkyl halides is 1. The summed E-state index contributed by atoms with van der Waals surface area (Å²) in [6.45, 7) is 5.21. The van der Waals surface area contributed by atoms with E-state index in [0.29, 0.717) is 0 Å². The molecule has 1 aliphatic rings. The molecule has 0 saturated heterocycles. The lowest BCUT2D eigenvalue weighted by Gasteiger charge is -2.04. The topological polar surface area (TPSA) is 38.9 Å². The highest BCUT2D eigenvalue weighted by atomic mass is 19.1. The van der Waals surface area contributed by atoms with Crippen molar-refractivity contribution >= 4 is 17.8 Å². The van der Waals surface area contributed by atoms with Gasteiger partial charge in [-0.25, -0.2) is 4.98 Å². The SMILES string of the molecule is CC.CCF.Nc1ccc(-c2ccc3c(n2)=CCCC=3)cc1. The third-order valence-corrected chi connectivity index (χ3v) is 3.03. The minimum absolute atomic E-state index is 0.250. The van der Waals surface area contributed by atoms with E-state index in [1.54, 1.807) is 0 Å². The second kappa shape index (κ2) is 9.72. The molecule has 0 aliphatic heterocycles. The average Bonchev–Trinajstić information content (AvgIpc) is 2.58. The zero-order valence-electron chi connectivity index (χ0n) is 13.6. The normalized spacial score (nSPS) is 11.5. The number of fused-ring (bicyclic) bond motifs is 1. The molecule has 118 valence electrons. The molecule has 0 fully saturated rings. The number of benzene rings is 1. The first kappa shape index (κ1) is 17.9. The van der Waals surface area contributed by atoms with E-state index in [1.165, 1.54) is 12.1 Å². The molecule has 2 N–H and O–H groups in total. The number of aromatic nitrogens is 1. The van der Waals surface area contributed by atoms with E-state index in [0.717, 1.165) is 35.1 Å². The smallest absolute Gasteiger partial charge is 0.0866 e. The molecule has 1 aliphatic carbocycles. The molecule has 3 rings (SSSR count). The number of anilines is 1. The fourth-order valence-electron chi connectivity index (χ4n) is 2.10. The first-order valence-electron chi connectivity index (χ1n) is 7.84. The molecule has 0 bridgehead atoms. The van der Waals surface area contributed by atoms with E-state index >= 15 is 0 Å². The summed E-state index contributed by atoms with van der Waals surface area (Å²) in [4.78, 5) is 4.69. The summed E-state index contributed by atoms with van der Waals surface area (Å²) in [6.07, 6.45) is 6.66. The van der Waals surface area contributed by atoms with Gasteiger partial charge in [0.05, 0.1) is 17.7 Å². The van der Waals surface area contributed by atoms with Crippen molar-refractivity contribution < 1.29 is 4.39 Å². The molecule has 22 heavy (non-hydrogen) atoms. The maximum absolute atomic E-state index is 10.3. The number of pyridine rings is 1. The van der Waals surface area contributed by atoms with E-state index in [9.17, 15) is 4.39 Å². The fraction of sp³-hybridized carbons (Fsp3) is 0.316. The largest absolute Gasteiger partial charge is 0.399 e. The highest BCUT2D eigenvalue weighted by Gasteiger charge is 2.00. The monoisotopic (exact) mass is 300 g/mol. The Morgan fingerprint density at radius 1 is 1.00 bits per heavy atom. The Morgan fingerprint density at radius 2 is 1.59 bits per heavy atom. The van der Waals surface area contributed by atoms with Crippen LogP contribution in [0.3, 0.4) is 0 Å². The number of nitrogen functional groups attached to an aromatic ring is 1. The van der Waals surface area contributed by atoms with Crippen molar-refractivity contribution in [2.75, 3.05) is 12.4 Å². The van der Waals surface area contributed by atoms with Gasteiger partial charge in [0, 0.05) is 11.3 Å². The molecular formula is C19H25FN2. The highest BCUT2D eigenvalue weighted by Crippen LogP contribution is 2.16. The molecular weight excluding hydrogens is 275 g/mol. The Morgan fingerprint density at radius 3 is 2.23 bits per heavy atom. The van der Waals surface area contributed by atoms with Crippen LogP contribution in [0.1, 0.15) is 33.6 Å². The van der Waals surface area contributed by atoms with Gasteiger partial charge in [-0.3, -0.25) is 4.39 Å². The molecule has 2 nitrogen and oxygen atoms in total. The minimum Gasteiger partial charge on any atom is -0.399 e. The van der Waals surface area contributed by atoms with Crippen LogP contribution in [-0.4, -0.2) is 11.7 Å². The number of nitrogens with zero attached hydrogens (tertiary/aromatic N) is 1. The number of nitrogens with two attached hydrogens (primary N) is 1. The lowest BCUT2D eigenvalue weighted by molar-refractivity contribution is 0.527. The maximum atomic E-state index is 10.3. The molecule has 0 amide bonds. The van der Waals surface area contributed by atoms with Crippen LogP contribution in [0, 0.1) is 0 Å². The van der Waals surface area contributed by atoms with Gasteiger partial charge in [0.2, 0.25) is 0 Å². The lowest BCUT2D eigenvalue weighted by atomic mass is 10.1. The second-order valence-corrected chi connectivity index (χ2v) is 4.55. The summed E-state index contributed by atoms with van der Waals surface area (Å²) in [7, 11) is 0. The average molecular weight is 300 g/mol. The molecule has 2 aromatic rings. The van der Waals surface area contributed by atoms with Crippen molar-refractivity contribution in [3.8, 4) is 11.3 Å². The van der Waals surface area contributed by atoms with Crippen molar-refractivity contribution in [1.82, 2.24) is 4.98 Å². The molecule has 0 saturated carbocycles. The lowest BCUT2D eigenvalue weighted by Crippen LogP contribution is -2.29. The molecule has 1 aromatic heterocycles. The molecule has 0 atom stereocenters. The van der Waals surface area contributed by atoms with Crippen LogP contribution in [0.2, 0.25) is 0 Å². The Bertz CT molecular complexity index is 676. The first-order valence-corrected chi connectivity index (χ1v) is 7.84. The molecule has 0 spiro atoms. The molecule has 0 radical (unpaired) electrons. The molecule has 0 unspecified atom stereocenters. The van der Waals surface area contributed by atoms with Gasteiger partial charge in [0.25, 0.3) is 0 Å². The number of rotatable bonds is 1. The van der Waals surface area contributed by atoms with E-state index in [-0.39, 0.29) is 6.67 Å². The van der Waals surface area contributed by atoms with E-state index in [1.807, 2.05) is 38.1 Å². The van der Waals surface area contributed by atoms with Gasteiger partial charge in [-0.05, 0) is 43.2 Å². The van der Waals surface area contributed by atoms with E-state index < -0.39 is 0 Å². The Hall–Kier alpha value is -2.16. The minimum atomic E-state index is -0.250. The summed E-state index contributed by atoms with van der Waals surface area (Å²) < 4.78 is 10.3. The van der Waals surface area contributed by atoms with Crippen molar-refractivity contribution in [3.63, 3.8) is 0 Å². The van der Waals surface area contributed by atoms with Gasteiger partial charge in [-0.15, -0.1) is 0 Å². The predicted octanol–water partition coefficient (Wildman–Crippen LogP) is 3.69. The quantitative estimate of drug-likeness (QED) is 0.816. The number of halogens is 1. The van der Waals surface area contributed by atoms with Gasteiger partial charge in [0.1, 0.15) is 0 Å². The van der Waals surface area contributed by atoms with Gasteiger partial charge in [-0.2, -0.15) is 0 Å². The Balaban J connectivity index is 0.000000435. The molecule has 1 heterocycles. The number of hydrogen-bond donors (Lipinski definition) is 1. The van der Waals surface area contributed by atoms with Crippen molar-refractivity contribution in [2.24, 2.45) is 0 Å². The summed E-state index contributed by atoms with van der Waals surface area (Å²) in [5, 5.41) is 2.35. The van der Waals surface area contributed by atoms with Crippen LogP contribution in [0.15, 0.2) is 36.4 Å². The van der Waals surface area contributed by atoms with Crippen LogP contribution in [0.25, 0.3) is 23.4 Å². The van der Waals surface area contributed by atoms with Crippen molar-refractivity contribution in [1.29, 1.82) is 0 Å². The van der Waals surface area contributed by atoms with Crippen LogP contribution in [0.4, 0.5) is 10.1 Å². The standard InChI is InChI=1S/C15H14N2.C2H5F.C2H6/c16-13-8-5-12(6-9-13)15-10-7-11-3-1-2-4-14(11)17-15;1-2-3;1-2/h3-10H,1-2,16H2;2H2,1H3;1-2H3. The third-order valence-electron chi connectivity index (χ3n) is 3.03. The number of hydrogen-bond acceptors (Lipinski definition) is 2. The summed E-state index contributed by atoms with van der Waals surface area (Å²) >= 11 is 0. The Labute approximate surface area is 132 Å². The summed E-state index contributed by atoms with van der Waals surface area (Å²) in [5.74, 6) is 0. The van der Waals surface area contributed by atoms with Crippen molar-refractivity contribution in [2.45, 2.75) is 33.6 Å². The van der Waals surface area contributed by atoms with Crippen LogP contribution in [0.5, 0.6) is 0 Å². The van der Waals surface area contributed by atoms with Gasteiger partial charge in [-0.1, -0.05) is 44.2 Å². The summed E-state index contributed by atoms with van der Waals surface area (Å²) in [6, 6.07) is 12.1. The highest BCUT2D eigenvalue weighted by molar-refractivity contribution is 5.62. The summed E-state index contributed by atoms with van der Waals surface area (Å²) in [5.41, 5.74) is 8.59. The van der Waals surface area contributed by atoms with Crippen LogP contribution in [-0.2, 0) is 0 Å². The van der Waals surface area contributed by atoms with Gasteiger partial charge >= 0.3 is 0 Å². The van der Waals surface area contributed by atoms with Crippen LogP contribution < -0.4 is 16.3 Å². The maximum Gasteiger partial charge on any atom is 0.0866 e. The van der Waals surface area contributed by atoms with Gasteiger partial charge < -0.3 is 5.73 Å². The predicted molar refractivity (Wildman–Crippen MR) is 94.5 cm³/mol. The van der Waals surface area contributed by atoms with Crippen LogP contribution >= 0.6 is 0 Å². The molecule has 1 aromatic carbocycles. The Kier molecular flexibility index (Phi) is 7.90. The second-order valence-electron chi connectivity index (χ2n) is 4.55. The first-order chi connectivity index (χ1) is 10.7. The van der Waals surface area contributed by atoms with E-state index in [4.69, 9.17) is 5.73 Å². The van der Waals surface area contributed by atoms with Gasteiger partial charge in [0.15, 0.2) is 0 Å². The molecule has 3 heteroatoms. The third kappa shape index (κ3) is 4.99. The zero-order chi connectivity index (χ0) is 16.4. The zero-order valence-corrected chi connectivity index (χ0v) is 13.6.